The lowest BCUT2D eigenvalue weighted by Gasteiger charge is -2.40. The minimum atomic E-state index is -0.458. The summed E-state index contributed by atoms with van der Waals surface area (Å²) in [4.78, 5) is 11.6. The molecule has 0 saturated heterocycles. The van der Waals surface area contributed by atoms with Gasteiger partial charge in [-0.1, -0.05) is 0 Å². The SMILES string of the molecule is CSC1CCCC(NC(C)C)(C(N)=O)C1. The molecule has 15 heavy (non-hydrogen) atoms. The first-order valence-electron chi connectivity index (χ1n) is 5.60. The topological polar surface area (TPSA) is 55.1 Å². The van der Waals surface area contributed by atoms with Gasteiger partial charge >= 0.3 is 0 Å². The zero-order valence-electron chi connectivity index (χ0n) is 9.88. The third-order valence-electron chi connectivity index (χ3n) is 3.08. The van der Waals surface area contributed by atoms with Gasteiger partial charge in [0.2, 0.25) is 5.91 Å². The summed E-state index contributed by atoms with van der Waals surface area (Å²) in [6.07, 6.45) is 6.17. The second-order valence-electron chi connectivity index (χ2n) is 4.70. The minimum Gasteiger partial charge on any atom is -0.368 e. The van der Waals surface area contributed by atoms with Gasteiger partial charge in [0.1, 0.15) is 0 Å². The highest BCUT2D eigenvalue weighted by molar-refractivity contribution is 7.99. The van der Waals surface area contributed by atoms with Crippen LogP contribution in [-0.4, -0.2) is 29.0 Å². The monoisotopic (exact) mass is 230 g/mol. The van der Waals surface area contributed by atoms with Gasteiger partial charge in [0.25, 0.3) is 0 Å². The maximum atomic E-state index is 11.6. The van der Waals surface area contributed by atoms with Gasteiger partial charge in [-0.3, -0.25) is 4.79 Å². The van der Waals surface area contributed by atoms with Crippen LogP contribution >= 0.6 is 11.8 Å². The molecule has 88 valence electrons. The summed E-state index contributed by atoms with van der Waals surface area (Å²) in [6.45, 7) is 4.13. The van der Waals surface area contributed by atoms with Crippen LogP contribution < -0.4 is 11.1 Å². The molecule has 0 aromatic heterocycles. The van der Waals surface area contributed by atoms with Gasteiger partial charge in [0, 0.05) is 11.3 Å². The maximum Gasteiger partial charge on any atom is 0.237 e. The Labute approximate surface area is 96.6 Å². The number of nitrogens with one attached hydrogen (secondary N) is 1. The van der Waals surface area contributed by atoms with Crippen molar-refractivity contribution in [3.8, 4) is 0 Å². The molecule has 0 aliphatic heterocycles. The largest absolute Gasteiger partial charge is 0.368 e. The Hall–Kier alpha value is -0.220. The van der Waals surface area contributed by atoms with Crippen molar-refractivity contribution < 1.29 is 4.79 Å². The minimum absolute atomic E-state index is 0.185. The van der Waals surface area contributed by atoms with Crippen LogP contribution in [0.1, 0.15) is 39.5 Å². The van der Waals surface area contributed by atoms with Crippen molar-refractivity contribution in [1.29, 1.82) is 0 Å². The van der Waals surface area contributed by atoms with E-state index in [0.717, 1.165) is 19.3 Å². The highest BCUT2D eigenvalue weighted by atomic mass is 32.2. The van der Waals surface area contributed by atoms with Crippen molar-refractivity contribution in [1.82, 2.24) is 5.32 Å². The molecule has 0 aromatic rings. The molecule has 1 aliphatic rings. The first-order chi connectivity index (χ1) is 7.00. The summed E-state index contributed by atoms with van der Waals surface area (Å²) in [5.74, 6) is -0.185. The van der Waals surface area contributed by atoms with Gasteiger partial charge in [-0.2, -0.15) is 11.8 Å². The molecule has 2 unspecified atom stereocenters. The van der Waals surface area contributed by atoms with E-state index in [2.05, 4.69) is 25.4 Å². The molecule has 0 heterocycles. The number of carbonyl (C=O) groups is 1. The Morgan fingerprint density at radius 1 is 1.60 bits per heavy atom. The predicted octanol–water partition coefficient (Wildman–Crippen LogP) is 1.51. The molecule has 1 amide bonds. The number of carbonyl (C=O) groups excluding carboxylic acids is 1. The molecule has 0 aromatic carbocycles. The van der Waals surface area contributed by atoms with Gasteiger partial charge < -0.3 is 11.1 Å². The van der Waals surface area contributed by atoms with Gasteiger partial charge in [-0.05, 0) is 45.8 Å². The molecule has 0 radical (unpaired) electrons. The van der Waals surface area contributed by atoms with E-state index in [1.54, 1.807) is 0 Å². The van der Waals surface area contributed by atoms with E-state index < -0.39 is 5.54 Å². The van der Waals surface area contributed by atoms with E-state index in [1.807, 2.05) is 11.8 Å². The molecule has 2 atom stereocenters. The quantitative estimate of drug-likeness (QED) is 0.770. The Balaban J connectivity index is 2.75. The average molecular weight is 230 g/mol. The molecule has 1 saturated carbocycles. The Kier molecular flexibility index (Phi) is 4.46. The fourth-order valence-corrected chi connectivity index (χ4v) is 3.26. The zero-order valence-corrected chi connectivity index (χ0v) is 10.7. The number of rotatable bonds is 4. The van der Waals surface area contributed by atoms with Crippen LogP contribution in [0.15, 0.2) is 0 Å². The van der Waals surface area contributed by atoms with E-state index in [1.165, 1.54) is 6.42 Å². The van der Waals surface area contributed by atoms with Crippen molar-refractivity contribution in [3.05, 3.63) is 0 Å². The lowest BCUT2D eigenvalue weighted by molar-refractivity contribution is -0.126. The first-order valence-corrected chi connectivity index (χ1v) is 6.89. The standard InChI is InChI=1S/C11H22N2OS/c1-8(2)13-11(10(12)14)6-4-5-9(7-11)15-3/h8-9,13H,4-7H2,1-3H3,(H2,12,14). The maximum absolute atomic E-state index is 11.6. The average Bonchev–Trinajstić information content (AvgIpc) is 2.16. The number of hydrogen-bond donors (Lipinski definition) is 2. The van der Waals surface area contributed by atoms with E-state index in [-0.39, 0.29) is 5.91 Å². The van der Waals surface area contributed by atoms with Crippen molar-refractivity contribution in [2.45, 2.75) is 56.4 Å². The van der Waals surface area contributed by atoms with Crippen molar-refractivity contribution in [2.24, 2.45) is 5.73 Å². The fraction of sp³-hybridized carbons (Fsp3) is 0.909. The molecule has 4 heteroatoms. The molecule has 1 aliphatic carbocycles. The van der Waals surface area contributed by atoms with Crippen LogP contribution in [0.2, 0.25) is 0 Å². The number of nitrogens with two attached hydrogens (primary N) is 1. The van der Waals surface area contributed by atoms with Crippen LogP contribution in [-0.2, 0) is 4.79 Å². The number of hydrogen-bond acceptors (Lipinski definition) is 3. The fourth-order valence-electron chi connectivity index (χ4n) is 2.40. The molecule has 1 fully saturated rings. The molecule has 3 N–H and O–H groups in total. The Morgan fingerprint density at radius 2 is 2.27 bits per heavy atom. The summed E-state index contributed by atoms with van der Waals surface area (Å²) >= 11 is 1.84. The number of thioether (sulfide) groups is 1. The zero-order chi connectivity index (χ0) is 11.5. The Bertz CT molecular complexity index is 233. The van der Waals surface area contributed by atoms with Crippen molar-refractivity contribution in [2.75, 3.05) is 6.26 Å². The summed E-state index contributed by atoms with van der Waals surface area (Å²) in [6, 6.07) is 0.304. The molecular weight excluding hydrogens is 208 g/mol. The summed E-state index contributed by atoms with van der Waals surface area (Å²) < 4.78 is 0. The summed E-state index contributed by atoms with van der Waals surface area (Å²) in [5.41, 5.74) is 5.10. The van der Waals surface area contributed by atoms with Crippen molar-refractivity contribution >= 4 is 17.7 Å². The first kappa shape index (κ1) is 12.8. The van der Waals surface area contributed by atoms with Gasteiger partial charge in [-0.25, -0.2) is 0 Å². The van der Waals surface area contributed by atoms with E-state index in [0.29, 0.717) is 11.3 Å². The smallest absolute Gasteiger partial charge is 0.237 e. The highest BCUT2D eigenvalue weighted by Gasteiger charge is 2.41. The van der Waals surface area contributed by atoms with Gasteiger partial charge in [0.15, 0.2) is 0 Å². The van der Waals surface area contributed by atoms with E-state index in [4.69, 9.17) is 5.73 Å². The van der Waals surface area contributed by atoms with E-state index in [9.17, 15) is 4.79 Å². The third-order valence-corrected chi connectivity index (χ3v) is 4.14. The van der Waals surface area contributed by atoms with Crippen LogP contribution in [0.25, 0.3) is 0 Å². The predicted molar refractivity (Wildman–Crippen MR) is 66.0 cm³/mol. The molecule has 3 nitrogen and oxygen atoms in total. The second-order valence-corrected chi connectivity index (χ2v) is 5.84. The number of primary amides is 1. The lowest BCUT2D eigenvalue weighted by Crippen LogP contribution is -2.60. The third kappa shape index (κ3) is 3.11. The van der Waals surface area contributed by atoms with Crippen LogP contribution in [0.4, 0.5) is 0 Å². The summed E-state index contributed by atoms with van der Waals surface area (Å²) in [5, 5.41) is 3.94. The van der Waals surface area contributed by atoms with Crippen molar-refractivity contribution in [3.63, 3.8) is 0 Å². The molecule has 0 bridgehead atoms. The van der Waals surface area contributed by atoms with Gasteiger partial charge in [0.05, 0.1) is 5.54 Å². The van der Waals surface area contributed by atoms with Crippen LogP contribution in [0.3, 0.4) is 0 Å². The summed E-state index contributed by atoms with van der Waals surface area (Å²) in [7, 11) is 0. The lowest BCUT2D eigenvalue weighted by atomic mass is 9.80. The molecule has 1 rings (SSSR count). The van der Waals surface area contributed by atoms with Crippen LogP contribution in [0, 0.1) is 0 Å². The normalized spacial score (nSPS) is 31.9. The van der Waals surface area contributed by atoms with Crippen LogP contribution in [0.5, 0.6) is 0 Å². The van der Waals surface area contributed by atoms with Gasteiger partial charge in [-0.15, -0.1) is 0 Å². The van der Waals surface area contributed by atoms with E-state index >= 15 is 0 Å². The second kappa shape index (κ2) is 5.21. The molecule has 0 spiro atoms. The number of amides is 1. The Morgan fingerprint density at radius 3 is 2.73 bits per heavy atom. The highest BCUT2D eigenvalue weighted by Crippen LogP contribution is 2.34. The molecular formula is C11H22N2OS.